The molecule has 130 valence electrons. The highest BCUT2D eigenvalue weighted by molar-refractivity contribution is 5.85. The SMILES string of the molecule is CCCC1(CNC(=O)[C@H]2CNC[C@@H]2c2cnn(C)c2)CCC1.Cl. The summed E-state index contributed by atoms with van der Waals surface area (Å²) in [6.07, 6.45) is 10.2. The van der Waals surface area contributed by atoms with E-state index in [-0.39, 0.29) is 30.2 Å². The maximum Gasteiger partial charge on any atom is 0.225 e. The molecular formula is C17H29ClN4O. The zero-order valence-electron chi connectivity index (χ0n) is 14.2. The Morgan fingerprint density at radius 2 is 2.26 bits per heavy atom. The van der Waals surface area contributed by atoms with Crippen LogP contribution in [0.5, 0.6) is 0 Å². The summed E-state index contributed by atoms with van der Waals surface area (Å²) in [6, 6.07) is 0. The fourth-order valence-electron chi connectivity index (χ4n) is 4.06. The number of aryl methyl sites for hydroxylation is 1. The first kappa shape index (κ1) is 18.3. The highest BCUT2D eigenvalue weighted by Gasteiger charge is 2.39. The molecule has 3 rings (SSSR count). The van der Waals surface area contributed by atoms with Gasteiger partial charge in [-0.05, 0) is 30.2 Å². The molecule has 1 aromatic rings. The fraction of sp³-hybridized carbons (Fsp3) is 0.765. The van der Waals surface area contributed by atoms with E-state index in [0.29, 0.717) is 5.41 Å². The van der Waals surface area contributed by atoms with E-state index < -0.39 is 0 Å². The molecule has 1 saturated heterocycles. The summed E-state index contributed by atoms with van der Waals surface area (Å²) >= 11 is 0. The van der Waals surface area contributed by atoms with Crippen molar-refractivity contribution in [1.29, 1.82) is 0 Å². The second kappa shape index (κ2) is 7.67. The van der Waals surface area contributed by atoms with E-state index in [1.165, 1.54) is 37.7 Å². The van der Waals surface area contributed by atoms with Gasteiger partial charge >= 0.3 is 0 Å². The van der Waals surface area contributed by atoms with E-state index in [0.717, 1.165) is 19.6 Å². The zero-order chi connectivity index (χ0) is 15.6. The van der Waals surface area contributed by atoms with Crippen molar-refractivity contribution in [2.75, 3.05) is 19.6 Å². The monoisotopic (exact) mass is 340 g/mol. The van der Waals surface area contributed by atoms with Crippen molar-refractivity contribution in [1.82, 2.24) is 20.4 Å². The third-order valence-corrected chi connectivity index (χ3v) is 5.54. The van der Waals surface area contributed by atoms with E-state index in [2.05, 4.69) is 22.7 Å². The molecule has 2 atom stereocenters. The van der Waals surface area contributed by atoms with E-state index >= 15 is 0 Å². The molecule has 0 unspecified atom stereocenters. The molecule has 0 spiro atoms. The molecule has 0 bridgehead atoms. The van der Waals surface area contributed by atoms with Crippen molar-refractivity contribution in [3.8, 4) is 0 Å². The third-order valence-electron chi connectivity index (χ3n) is 5.54. The molecule has 5 nitrogen and oxygen atoms in total. The molecule has 2 fully saturated rings. The molecule has 1 aromatic heterocycles. The lowest BCUT2D eigenvalue weighted by Crippen LogP contribution is -2.44. The average molecular weight is 341 g/mol. The predicted molar refractivity (Wildman–Crippen MR) is 93.8 cm³/mol. The molecule has 0 radical (unpaired) electrons. The van der Waals surface area contributed by atoms with Crippen LogP contribution in [-0.2, 0) is 11.8 Å². The van der Waals surface area contributed by atoms with Crippen LogP contribution in [0.2, 0.25) is 0 Å². The van der Waals surface area contributed by atoms with Crippen LogP contribution in [0.3, 0.4) is 0 Å². The minimum atomic E-state index is 0. The Hall–Kier alpha value is -1.07. The van der Waals surface area contributed by atoms with Gasteiger partial charge in [-0.2, -0.15) is 5.10 Å². The van der Waals surface area contributed by atoms with Gasteiger partial charge < -0.3 is 10.6 Å². The quantitative estimate of drug-likeness (QED) is 0.835. The summed E-state index contributed by atoms with van der Waals surface area (Å²) in [7, 11) is 1.92. The number of halogens is 1. The molecule has 2 aliphatic rings. The summed E-state index contributed by atoms with van der Waals surface area (Å²) in [5.74, 6) is 0.487. The maximum atomic E-state index is 12.6. The molecule has 0 aromatic carbocycles. The van der Waals surface area contributed by atoms with Crippen molar-refractivity contribution in [2.45, 2.75) is 44.9 Å². The van der Waals surface area contributed by atoms with Crippen molar-refractivity contribution < 1.29 is 4.79 Å². The van der Waals surface area contributed by atoms with Crippen LogP contribution in [0.15, 0.2) is 12.4 Å². The summed E-state index contributed by atoms with van der Waals surface area (Å²) in [6.45, 7) is 4.73. The lowest BCUT2D eigenvalue weighted by atomic mass is 9.66. The van der Waals surface area contributed by atoms with Gasteiger partial charge in [-0.25, -0.2) is 0 Å². The van der Waals surface area contributed by atoms with E-state index in [1.54, 1.807) is 0 Å². The average Bonchev–Trinajstić information content (AvgIpc) is 3.09. The Labute approximate surface area is 145 Å². The van der Waals surface area contributed by atoms with Gasteiger partial charge in [-0.15, -0.1) is 12.4 Å². The highest BCUT2D eigenvalue weighted by atomic mass is 35.5. The fourth-order valence-corrected chi connectivity index (χ4v) is 4.06. The van der Waals surface area contributed by atoms with Gasteiger partial charge in [0.05, 0.1) is 12.1 Å². The van der Waals surface area contributed by atoms with Crippen molar-refractivity contribution >= 4 is 18.3 Å². The Morgan fingerprint density at radius 3 is 2.83 bits per heavy atom. The standard InChI is InChI=1S/C17H28N4O.ClH/c1-3-5-17(6-4-7-17)12-19-16(22)15-10-18-9-14(15)13-8-20-21(2)11-13;/h8,11,14-15,18H,3-7,9-10,12H2,1-2H3,(H,19,22);1H/t14-,15+;/m1./s1. The molecule has 1 aliphatic carbocycles. The number of rotatable bonds is 6. The molecular weight excluding hydrogens is 312 g/mol. The second-order valence-electron chi connectivity index (χ2n) is 7.14. The number of hydrogen-bond acceptors (Lipinski definition) is 3. The maximum absolute atomic E-state index is 12.6. The normalized spacial score (nSPS) is 25.5. The molecule has 2 N–H and O–H groups in total. The number of hydrogen-bond donors (Lipinski definition) is 2. The zero-order valence-corrected chi connectivity index (χ0v) is 15.0. The third kappa shape index (κ3) is 3.89. The largest absolute Gasteiger partial charge is 0.355 e. The summed E-state index contributed by atoms with van der Waals surface area (Å²) in [5, 5.41) is 10.9. The Balaban J connectivity index is 0.00000192. The van der Waals surface area contributed by atoms with E-state index in [9.17, 15) is 4.79 Å². The second-order valence-corrected chi connectivity index (χ2v) is 7.14. The molecule has 1 aliphatic heterocycles. The summed E-state index contributed by atoms with van der Waals surface area (Å²) in [4.78, 5) is 12.6. The predicted octanol–water partition coefficient (Wildman–Crippen LogP) is 2.23. The number of carbonyl (C=O) groups is 1. The van der Waals surface area contributed by atoms with Gasteiger partial charge in [0, 0.05) is 38.8 Å². The van der Waals surface area contributed by atoms with Gasteiger partial charge in [-0.1, -0.05) is 19.8 Å². The Kier molecular flexibility index (Phi) is 6.09. The van der Waals surface area contributed by atoms with Gasteiger partial charge in [-0.3, -0.25) is 9.48 Å². The van der Waals surface area contributed by atoms with Gasteiger partial charge in [0.15, 0.2) is 0 Å². The Morgan fingerprint density at radius 1 is 1.48 bits per heavy atom. The molecule has 1 saturated carbocycles. The first-order valence-electron chi connectivity index (χ1n) is 8.60. The minimum Gasteiger partial charge on any atom is -0.355 e. The lowest BCUT2D eigenvalue weighted by molar-refractivity contribution is -0.125. The smallest absolute Gasteiger partial charge is 0.225 e. The first-order chi connectivity index (χ1) is 10.6. The van der Waals surface area contributed by atoms with Crippen LogP contribution in [0, 0.1) is 11.3 Å². The van der Waals surface area contributed by atoms with Crippen LogP contribution in [-0.4, -0.2) is 35.3 Å². The molecule has 6 heteroatoms. The summed E-state index contributed by atoms with van der Waals surface area (Å²) in [5.41, 5.74) is 1.56. The van der Waals surface area contributed by atoms with Crippen LogP contribution in [0.25, 0.3) is 0 Å². The number of nitrogens with one attached hydrogen (secondary N) is 2. The van der Waals surface area contributed by atoms with Gasteiger partial charge in [0.1, 0.15) is 0 Å². The van der Waals surface area contributed by atoms with Crippen molar-refractivity contribution in [3.63, 3.8) is 0 Å². The van der Waals surface area contributed by atoms with Crippen LogP contribution < -0.4 is 10.6 Å². The van der Waals surface area contributed by atoms with Crippen molar-refractivity contribution in [2.24, 2.45) is 18.4 Å². The first-order valence-corrected chi connectivity index (χ1v) is 8.60. The summed E-state index contributed by atoms with van der Waals surface area (Å²) < 4.78 is 1.81. The topological polar surface area (TPSA) is 59.0 Å². The highest BCUT2D eigenvalue weighted by Crippen LogP contribution is 2.44. The number of amides is 1. The number of aromatic nitrogens is 2. The van der Waals surface area contributed by atoms with E-state index in [4.69, 9.17) is 0 Å². The van der Waals surface area contributed by atoms with Crippen molar-refractivity contribution in [3.05, 3.63) is 18.0 Å². The van der Waals surface area contributed by atoms with Crippen LogP contribution in [0.1, 0.15) is 50.5 Å². The lowest BCUT2D eigenvalue weighted by Gasteiger charge is -2.42. The van der Waals surface area contributed by atoms with Crippen LogP contribution >= 0.6 is 12.4 Å². The van der Waals surface area contributed by atoms with E-state index in [1.807, 2.05) is 24.1 Å². The van der Waals surface area contributed by atoms with Crippen LogP contribution in [0.4, 0.5) is 0 Å². The molecule has 23 heavy (non-hydrogen) atoms. The molecule has 1 amide bonds. The number of nitrogens with zero attached hydrogens (tertiary/aromatic N) is 2. The Bertz CT molecular complexity index is 526. The minimum absolute atomic E-state index is 0. The van der Waals surface area contributed by atoms with Gasteiger partial charge in [0.25, 0.3) is 0 Å². The molecule has 2 heterocycles. The number of carbonyl (C=O) groups excluding carboxylic acids is 1. The van der Waals surface area contributed by atoms with Gasteiger partial charge in [0.2, 0.25) is 5.91 Å².